The average Bonchev–Trinajstić information content (AvgIpc) is 3.13. The molecule has 3 rings (SSSR count). The van der Waals surface area contributed by atoms with E-state index in [2.05, 4.69) is 4.74 Å². The molecule has 2 saturated heterocycles. The van der Waals surface area contributed by atoms with Gasteiger partial charge in [0, 0.05) is 38.5 Å². The van der Waals surface area contributed by atoms with Gasteiger partial charge in [-0.2, -0.15) is 0 Å². The van der Waals surface area contributed by atoms with Crippen molar-refractivity contribution < 1.29 is 28.6 Å². The van der Waals surface area contributed by atoms with Gasteiger partial charge in [0.15, 0.2) is 5.79 Å². The Bertz CT molecular complexity index is 701. The molecular weight excluding hydrogens is 352 g/mol. The summed E-state index contributed by atoms with van der Waals surface area (Å²) in [7, 11) is 1.31. The smallest absolute Gasteiger partial charge is 0.337 e. The van der Waals surface area contributed by atoms with Gasteiger partial charge < -0.3 is 24.0 Å². The molecule has 27 heavy (non-hydrogen) atoms. The highest BCUT2D eigenvalue weighted by molar-refractivity contribution is 5.98. The molecule has 0 saturated carbocycles. The SMILES string of the molecule is COC(=O)c1ccc(N(CC(=O)N2CCC3(CC2)OCCO3)C(C)=O)cc1. The molecule has 1 aromatic rings. The molecule has 0 aliphatic carbocycles. The highest BCUT2D eigenvalue weighted by atomic mass is 16.7. The molecule has 146 valence electrons. The monoisotopic (exact) mass is 376 g/mol. The van der Waals surface area contributed by atoms with Crippen molar-refractivity contribution in [2.75, 3.05) is 44.9 Å². The van der Waals surface area contributed by atoms with E-state index < -0.39 is 11.8 Å². The van der Waals surface area contributed by atoms with E-state index in [1.807, 2.05) is 0 Å². The molecule has 0 N–H and O–H groups in total. The number of methoxy groups -OCH3 is 1. The van der Waals surface area contributed by atoms with Gasteiger partial charge in [0.2, 0.25) is 11.8 Å². The highest BCUT2D eigenvalue weighted by Crippen LogP contribution is 2.31. The summed E-state index contributed by atoms with van der Waals surface area (Å²) in [4.78, 5) is 39.4. The van der Waals surface area contributed by atoms with Crippen molar-refractivity contribution in [1.82, 2.24) is 4.90 Å². The van der Waals surface area contributed by atoms with E-state index in [-0.39, 0.29) is 18.4 Å². The average molecular weight is 376 g/mol. The normalized spacial score (nSPS) is 18.4. The molecule has 2 aliphatic rings. The minimum Gasteiger partial charge on any atom is -0.465 e. The Hall–Kier alpha value is -2.45. The lowest BCUT2D eigenvalue weighted by molar-refractivity contribution is -0.187. The summed E-state index contributed by atoms with van der Waals surface area (Å²) in [5.74, 6) is -1.37. The summed E-state index contributed by atoms with van der Waals surface area (Å²) >= 11 is 0. The van der Waals surface area contributed by atoms with Gasteiger partial charge in [-0.1, -0.05) is 0 Å². The van der Waals surface area contributed by atoms with Crippen molar-refractivity contribution in [3.05, 3.63) is 29.8 Å². The lowest BCUT2D eigenvalue weighted by Crippen LogP contribution is -2.50. The molecule has 2 aliphatic heterocycles. The molecule has 2 fully saturated rings. The van der Waals surface area contributed by atoms with Crippen LogP contribution in [0, 0.1) is 0 Å². The number of nitrogens with zero attached hydrogens (tertiary/aromatic N) is 2. The second kappa shape index (κ2) is 8.06. The van der Waals surface area contributed by atoms with Crippen LogP contribution in [0.25, 0.3) is 0 Å². The second-order valence-electron chi connectivity index (χ2n) is 6.63. The fourth-order valence-electron chi connectivity index (χ4n) is 3.40. The first-order valence-corrected chi connectivity index (χ1v) is 8.96. The zero-order valence-corrected chi connectivity index (χ0v) is 15.6. The number of carbonyl (C=O) groups excluding carboxylic acids is 3. The fraction of sp³-hybridized carbons (Fsp3) is 0.526. The van der Waals surface area contributed by atoms with Crippen LogP contribution in [0.5, 0.6) is 0 Å². The second-order valence-corrected chi connectivity index (χ2v) is 6.63. The number of ether oxygens (including phenoxy) is 3. The Morgan fingerprint density at radius 1 is 1.11 bits per heavy atom. The lowest BCUT2D eigenvalue weighted by atomic mass is 10.0. The molecule has 1 aromatic carbocycles. The third-order valence-corrected chi connectivity index (χ3v) is 4.97. The zero-order chi connectivity index (χ0) is 19.4. The molecule has 8 nitrogen and oxygen atoms in total. The van der Waals surface area contributed by atoms with E-state index in [0.717, 1.165) is 0 Å². The Balaban J connectivity index is 1.63. The number of amides is 2. The fourth-order valence-corrected chi connectivity index (χ4v) is 3.40. The van der Waals surface area contributed by atoms with Crippen LogP contribution < -0.4 is 4.90 Å². The Labute approximate surface area is 158 Å². The zero-order valence-electron chi connectivity index (χ0n) is 15.6. The number of benzene rings is 1. The van der Waals surface area contributed by atoms with Crippen LogP contribution in [0.3, 0.4) is 0 Å². The number of piperidine rings is 1. The first-order valence-electron chi connectivity index (χ1n) is 8.96. The summed E-state index contributed by atoms with van der Waals surface area (Å²) in [5, 5.41) is 0. The highest BCUT2D eigenvalue weighted by Gasteiger charge is 2.40. The van der Waals surface area contributed by atoms with E-state index >= 15 is 0 Å². The van der Waals surface area contributed by atoms with E-state index in [0.29, 0.717) is 50.4 Å². The van der Waals surface area contributed by atoms with E-state index in [1.54, 1.807) is 29.2 Å². The first-order chi connectivity index (χ1) is 12.9. The predicted octanol–water partition coefficient (Wildman–Crippen LogP) is 1.19. The summed E-state index contributed by atoms with van der Waals surface area (Å²) in [5.41, 5.74) is 0.938. The quantitative estimate of drug-likeness (QED) is 0.734. The molecule has 0 unspecified atom stereocenters. The molecule has 0 aromatic heterocycles. The third-order valence-electron chi connectivity index (χ3n) is 4.97. The van der Waals surface area contributed by atoms with Crippen LogP contribution >= 0.6 is 0 Å². The lowest BCUT2D eigenvalue weighted by Gasteiger charge is -2.38. The maximum atomic E-state index is 12.7. The van der Waals surface area contributed by atoms with E-state index in [1.165, 1.54) is 18.9 Å². The van der Waals surface area contributed by atoms with Crippen LogP contribution in [-0.2, 0) is 23.8 Å². The van der Waals surface area contributed by atoms with Crippen LogP contribution in [0.4, 0.5) is 5.69 Å². The minimum absolute atomic E-state index is 0.0539. The van der Waals surface area contributed by atoms with Gasteiger partial charge in [0.05, 0.1) is 25.9 Å². The van der Waals surface area contributed by atoms with E-state index in [4.69, 9.17) is 9.47 Å². The summed E-state index contributed by atoms with van der Waals surface area (Å²) < 4.78 is 16.0. The van der Waals surface area contributed by atoms with Crippen molar-refractivity contribution in [3.8, 4) is 0 Å². The maximum Gasteiger partial charge on any atom is 0.337 e. The van der Waals surface area contributed by atoms with Gasteiger partial charge in [-0.05, 0) is 24.3 Å². The number of rotatable bonds is 4. The molecule has 2 heterocycles. The standard InChI is InChI=1S/C19H24N2O6/c1-14(22)21(16-5-3-15(4-6-16)18(24)25-2)13-17(23)20-9-7-19(8-10-20)26-11-12-27-19/h3-6H,7-13H2,1-2H3. The minimum atomic E-state index is -0.541. The molecule has 0 bridgehead atoms. The molecule has 2 amide bonds. The summed E-state index contributed by atoms with van der Waals surface area (Å²) in [6.45, 7) is 3.60. The first kappa shape index (κ1) is 19.3. The van der Waals surface area contributed by atoms with Gasteiger partial charge in [-0.25, -0.2) is 4.79 Å². The number of esters is 1. The number of carbonyl (C=O) groups is 3. The topological polar surface area (TPSA) is 85.4 Å². The molecule has 1 spiro atoms. The summed E-state index contributed by atoms with van der Waals surface area (Å²) in [6, 6.07) is 6.40. The van der Waals surface area contributed by atoms with E-state index in [9.17, 15) is 14.4 Å². The molecule has 8 heteroatoms. The van der Waals surface area contributed by atoms with Crippen LogP contribution in [0.2, 0.25) is 0 Å². The van der Waals surface area contributed by atoms with Gasteiger partial charge in [0.25, 0.3) is 0 Å². The van der Waals surface area contributed by atoms with Crippen LogP contribution in [-0.4, -0.2) is 68.4 Å². The van der Waals surface area contributed by atoms with Crippen molar-refractivity contribution in [3.63, 3.8) is 0 Å². The molecule has 0 atom stereocenters. The predicted molar refractivity (Wildman–Crippen MR) is 96.3 cm³/mol. The van der Waals surface area contributed by atoms with Crippen molar-refractivity contribution >= 4 is 23.5 Å². The summed E-state index contributed by atoms with van der Waals surface area (Å²) in [6.07, 6.45) is 1.26. The Morgan fingerprint density at radius 3 is 2.22 bits per heavy atom. The van der Waals surface area contributed by atoms with Gasteiger partial charge in [-0.3, -0.25) is 9.59 Å². The van der Waals surface area contributed by atoms with Gasteiger partial charge >= 0.3 is 5.97 Å². The molecule has 0 radical (unpaired) electrons. The number of likely N-dealkylation sites (tertiary alicyclic amines) is 1. The third kappa shape index (κ3) is 4.28. The van der Waals surface area contributed by atoms with Crippen LogP contribution in [0.1, 0.15) is 30.1 Å². The van der Waals surface area contributed by atoms with Gasteiger partial charge in [0.1, 0.15) is 6.54 Å². The van der Waals surface area contributed by atoms with Crippen molar-refractivity contribution in [1.29, 1.82) is 0 Å². The number of hydrogen-bond donors (Lipinski definition) is 0. The van der Waals surface area contributed by atoms with Crippen molar-refractivity contribution in [2.45, 2.75) is 25.6 Å². The number of anilines is 1. The molecular formula is C19H24N2O6. The number of hydrogen-bond acceptors (Lipinski definition) is 6. The van der Waals surface area contributed by atoms with Gasteiger partial charge in [-0.15, -0.1) is 0 Å². The van der Waals surface area contributed by atoms with Crippen LogP contribution in [0.15, 0.2) is 24.3 Å². The Kier molecular flexibility index (Phi) is 5.76. The maximum absolute atomic E-state index is 12.7. The Morgan fingerprint density at radius 2 is 1.70 bits per heavy atom. The van der Waals surface area contributed by atoms with Crippen molar-refractivity contribution in [2.24, 2.45) is 0 Å². The largest absolute Gasteiger partial charge is 0.465 e.